The Morgan fingerprint density at radius 3 is 2.50 bits per heavy atom. The zero-order valence-corrected chi connectivity index (χ0v) is 8.57. The number of nitrogens with zero attached hydrogens (tertiary/aromatic N) is 1. The minimum Gasteiger partial charge on any atom is -0.396 e. The second-order valence-corrected chi connectivity index (χ2v) is 4.35. The molecule has 1 unspecified atom stereocenters. The van der Waals surface area contributed by atoms with Gasteiger partial charge in [0.1, 0.15) is 0 Å². The molecular weight excluding hydrogens is 182 g/mol. The zero-order valence-electron chi connectivity index (χ0n) is 8.57. The van der Waals surface area contributed by atoms with Gasteiger partial charge < -0.3 is 14.6 Å². The van der Waals surface area contributed by atoms with Gasteiger partial charge in [0.15, 0.2) is 0 Å². The summed E-state index contributed by atoms with van der Waals surface area (Å²) < 4.78 is 10.7. The molecule has 2 heterocycles. The van der Waals surface area contributed by atoms with E-state index in [1.165, 1.54) is 0 Å². The highest BCUT2D eigenvalue weighted by atomic mass is 16.5. The molecule has 0 aromatic heterocycles. The lowest BCUT2D eigenvalue weighted by Crippen LogP contribution is -2.45. The highest BCUT2D eigenvalue weighted by Crippen LogP contribution is 2.29. The molecular formula is C10H19NO3. The van der Waals surface area contributed by atoms with E-state index in [0.29, 0.717) is 6.61 Å². The molecule has 0 bridgehead atoms. The topological polar surface area (TPSA) is 41.9 Å². The van der Waals surface area contributed by atoms with Crippen LogP contribution >= 0.6 is 0 Å². The fourth-order valence-corrected chi connectivity index (χ4v) is 2.18. The van der Waals surface area contributed by atoms with Crippen LogP contribution in [0.1, 0.15) is 6.42 Å². The quantitative estimate of drug-likeness (QED) is 0.682. The van der Waals surface area contributed by atoms with Crippen LogP contribution in [-0.4, -0.2) is 62.7 Å². The molecule has 2 aliphatic rings. The van der Waals surface area contributed by atoms with E-state index in [4.69, 9.17) is 9.47 Å². The fourth-order valence-electron chi connectivity index (χ4n) is 2.18. The van der Waals surface area contributed by atoms with E-state index >= 15 is 0 Å². The van der Waals surface area contributed by atoms with Gasteiger partial charge in [-0.15, -0.1) is 0 Å². The van der Waals surface area contributed by atoms with Crippen molar-refractivity contribution in [3.63, 3.8) is 0 Å². The van der Waals surface area contributed by atoms with Crippen molar-refractivity contribution in [1.29, 1.82) is 0 Å². The van der Waals surface area contributed by atoms with Crippen LogP contribution in [0.5, 0.6) is 0 Å². The van der Waals surface area contributed by atoms with Crippen molar-refractivity contribution in [2.75, 3.05) is 52.7 Å². The third-order valence-electron chi connectivity index (χ3n) is 3.18. The van der Waals surface area contributed by atoms with Crippen molar-refractivity contribution in [3.05, 3.63) is 0 Å². The van der Waals surface area contributed by atoms with Gasteiger partial charge in [-0.3, -0.25) is 4.90 Å². The van der Waals surface area contributed by atoms with Crippen molar-refractivity contribution in [2.24, 2.45) is 5.41 Å². The Bertz CT molecular complexity index is 174. The molecule has 0 aromatic rings. The lowest BCUT2D eigenvalue weighted by molar-refractivity contribution is -0.00193. The SMILES string of the molecule is OCC1(CN2CCOCC2)CCOC1. The van der Waals surface area contributed by atoms with Crippen LogP contribution in [0.25, 0.3) is 0 Å². The molecule has 0 aliphatic carbocycles. The molecule has 2 fully saturated rings. The summed E-state index contributed by atoms with van der Waals surface area (Å²) in [6.07, 6.45) is 0.987. The Balaban J connectivity index is 1.86. The first-order valence-electron chi connectivity index (χ1n) is 5.33. The Morgan fingerprint density at radius 1 is 1.14 bits per heavy atom. The summed E-state index contributed by atoms with van der Waals surface area (Å²) in [5, 5.41) is 9.41. The highest BCUT2D eigenvalue weighted by Gasteiger charge is 2.36. The molecule has 0 saturated carbocycles. The predicted molar refractivity (Wildman–Crippen MR) is 52.2 cm³/mol. The van der Waals surface area contributed by atoms with Gasteiger partial charge in [-0.1, -0.05) is 0 Å². The molecule has 0 aromatic carbocycles. The summed E-state index contributed by atoms with van der Waals surface area (Å²) in [4.78, 5) is 2.37. The molecule has 2 saturated heterocycles. The number of aliphatic hydroxyl groups is 1. The van der Waals surface area contributed by atoms with Crippen LogP contribution in [0.4, 0.5) is 0 Å². The van der Waals surface area contributed by atoms with Crippen LogP contribution in [0.2, 0.25) is 0 Å². The number of hydrogen-bond donors (Lipinski definition) is 1. The van der Waals surface area contributed by atoms with Gasteiger partial charge in [0, 0.05) is 31.7 Å². The summed E-state index contributed by atoms with van der Waals surface area (Å²) >= 11 is 0. The first-order chi connectivity index (χ1) is 6.85. The van der Waals surface area contributed by atoms with Crippen molar-refractivity contribution in [3.8, 4) is 0 Å². The van der Waals surface area contributed by atoms with Crippen LogP contribution in [0.3, 0.4) is 0 Å². The molecule has 2 rings (SSSR count). The van der Waals surface area contributed by atoms with Gasteiger partial charge in [-0.05, 0) is 6.42 Å². The lowest BCUT2D eigenvalue weighted by atomic mass is 9.87. The number of hydrogen-bond acceptors (Lipinski definition) is 4. The average molecular weight is 201 g/mol. The minimum absolute atomic E-state index is 0.00264. The maximum atomic E-state index is 9.41. The van der Waals surface area contributed by atoms with Gasteiger partial charge in [-0.2, -0.15) is 0 Å². The third-order valence-corrected chi connectivity index (χ3v) is 3.18. The number of aliphatic hydroxyl groups excluding tert-OH is 1. The first kappa shape index (κ1) is 10.4. The minimum atomic E-state index is -0.00264. The monoisotopic (exact) mass is 201 g/mol. The predicted octanol–water partition coefficient (Wildman–Crippen LogP) is -0.282. The normalized spacial score (nSPS) is 34.9. The van der Waals surface area contributed by atoms with Crippen LogP contribution in [0.15, 0.2) is 0 Å². The van der Waals surface area contributed by atoms with Crippen molar-refractivity contribution >= 4 is 0 Å². The Hall–Kier alpha value is -0.160. The van der Waals surface area contributed by atoms with E-state index < -0.39 is 0 Å². The summed E-state index contributed by atoms with van der Waals surface area (Å²) in [7, 11) is 0. The summed E-state index contributed by atoms with van der Waals surface area (Å²) in [5.41, 5.74) is -0.00264. The maximum absolute atomic E-state index is 9.41. The Labute approximate surface area is 84.8 Å². The summed E-state index contributed by atoms with van der Waals surface area (Å²) in [6.45, 7) is 6.32. The molecule has 14 heavy (non-hydrogen) atoms. The molecule has 0 radical (unpaired) electrons. The van der Waals surface area contributed by atoms with Crippen LogP contribution in [0, 0.1) is 5.41 Å². The molecule has 0 amide bonds. The largest absolute Gasteiger partial charge is 0.396 e. The fraction of sp³-hybridized carbons (Fsp3) is 1.00. The van der Waals surface area contributed by atoms with Crippen LogP contribution in [-0.2, 0) is 9.47 Å². The lowest BCUT2D eigenvalue weighted by Gasteiger charge is -2.34. The van der Waals surface area contributed by atoms with E-state index in [2.05, 4.69) is 4.90 Å². The first-order valence-corrected chi connectivity index (χ1v) is 5.33. The summed E-state index contributed by atoms with van der Waals surface area (Å²) in [6, 6.07) is 0. The highest BCUT2D eigenvalue weighted by molar-refractivity contribution is 4.86. The van der Waals surface area contributed by atoms with Gasteiger partial charge in [-0.25, -0.2) is 0 Å². The molecule has 1 atom stereocenters. The number of ether oxygens (including phenoxy) is 2. The Morgan fingerprint density at radius 2 is 1.93 bits per heavy atom. The maximum Gasteiger partial charge on any atom is 0.0594 e. The van der Waals surface area contributed by atoms with E-state index in [1.54, 1.807) is 0 Å². The average Bonchev–Trinajstić information content (AvgIpc) is 2.69. The van der Waals surface area contributed by atoms with E-state index in [9.17, 15) is 5.11 Å². The van der Waals surface area contributed by atoms with Gasteiger partial charge in [0.05, 0.1) is 26.4 Å². The van der Waals surface area contributed by atoms with E-state index in [1.807, 2.05) is 0 Å². The number of morpholine rings is 1. The van der Waals surface area contributed by atoms with Crippen LogP contribution < -0.4 is 0 Å². The van der Waals surface area contributed by atoms with Crippen molar-refractivity contribution in [1.82, 2.24) is 4.90 Å². The molecule has 4 nitrogen and oxygen atoms in total. The van der Waals surface area contributed by atoms with E-state index in [0.717, 1.165) is 45.9 Å². The molecule has 1 N–H and O–H groups in total. The molecule has 2 aliphatic heterocycles. The second-order valence-electron chi connectivity index (χ2n) is 4.35. The molecule has 4 heteroatoms. The smallest absolute Gasteiger partial charge is 0.0594 e. The van der Waals surface area contributed by atoms with E-state index in [-0.39, 0.29) is 12.0 Å². The van der Waals surface area contributed by atoms with Gasteiger partial charge in [0.2, 0.25) is 0 Å². The summed E-state index contributed by atoms with van der Waals surface area (Å²) in [5.74, 6) is 0. The van der Waals surface area contributed by atoms with Crippen molar-refractivity contribution in [2.45, 2.75) is 6.42 Å². The third kappa shape index (κ3) is 2.25. The second kappa shape index (κ2) is 4.57. The van der Waals surface area contributed by atoms with Crippen molar-refractivity contribution < 1.29 is 14.6 Å². The van der Waals surface area contributed by atoms with Gasteiger partial charge in [0.25, 0.3) is 0 Å². The molecule has 0 spiro atoms. The van der Waals surface area contributed by atoms with Gasteiger partial charge >= 0.3 is 0 Å². The molecule has 82 valence electrons. The number of rotatable bonds is 3. The standard InChI is InChI=1S/C10H19NO3/c12-8-10(1-4-14-9-10)7-11-2-5-13-6-3-11/h12H,1-9H2. The Kier molecular flexibility index (Phi) is 3.38. The zero-order chi connectivity index (χ0) is 9.86.